The second-order valence-corrected chi connectivity index (χ2v) is 6.72. The quantitative estimate of drug-likeness (QED) is 0.677. The van der Waals surface area contributed by atoms with Gasteiger partial charge in [0.15, 0.2) is 0 Å². The van der Waals surface area contributed by atoms with Crippen LogP contribution in [-0.2, 0) is 10.3 Å². The van der Waals surface area contributed by atoms with Crippen molar-refractivity contribution in [3.63, 3.8) is 0 Å². The number of hydrogen-bond acceptors (Lipinski definition) is 5. The first-order valence-corrected chi connectivity index (χ1v) is 8.40. The first-order chi connectivity index (χ1) is 9.92. The molecule has 22 heavy (non-hydrogen) atoms. The summed E-state index contributed by atoms with van der Waals surface area (Å²) in [5.74, 6) is 0.194. The molecule has 0 saturated heterocycles. The Balaban J connectivity index is 0.00000132. The van der Waals surface area contributed by atoms with Crippen molar-refractivity contribution in [1.29, 1.82) is 0 Å². The van der Waals surface area contributed by atoms with E-state index in [0.29, 0.717) is 0 Å². The number of aryl methyl sites for hydroxylation is 1. The van der Waals surface area contributed by atoms with Crippen molar-refractivity contribution in [3.8, 4) is 16.3 Å². The third-order valence-corrected chi connectivity index (χ3v) is 4.43. The topological polar surface area (TPSA) is 82.3 Å². The molecule has 5 nitrogen and oxygen atoms in total. The van der Waals surface area contributed by atoms with Gasteiger partial charge in [-0.05, 0) is 42.8 Å². The van der Waals surface area contributed by atoms with Crippen LogP contribution in [0.15, 0.2) is 42.5 Å². The summed E-state index contributed by atoms with van der Waals surface area (Å²) in [7, 11) is -4.00. The average molecular weight is 344 g/mol. The normalized spacial score (nSPS) is 11.2. The van der Waals surface area contributed by atoms with Crippen LogP contribution in [-0.4, -0.2) is 13.4 Å². The largest absolute Gasteiger partial charge is 1.00 e. The molecule has 0 aliphatic carbocycles. The third-order valence-electron chi connectivity index (χ3n) is 2.93. The summed E-state index contributed by atoms with van der Waals surface area (Å²) < 4.78 is 27.6. The minimum atomic E-state index is -4.00. The molecule has 1 heterocycles. The third kappa shape index (κ3) is 3.87. The van der Waals surface area contributed by atoms with Gasteiger partial charge in [0, 0.05) is 5.56 Å². The average Bonchev–Trinajstić information content (AvgIpc) is 2.80. The van der Waals surface area contributed by atoms with E-state index in [9.17, 15) is 8.42 Å². The molecule has 0 aliphatic rings. The van der Waals surface area contributed by atoms with Gasteiger partial charge in [0.05, 0.1) is 10.2 Å². The van der Waals surface area contributed by atoms with E-state index < -0.39 is 10.3 Å². The van der Waals surface area contributed by atoms with E-state index >= 15 is 0 Å². The van der Waals surface area contributed by atoms with Gasteiger partial charge in [-0.3, -0.25) is 0 Å². The van der Waals surface area contributed by atoms with Gasteiger partial charge in [-0.1, -0.05) is 12.1 Å². The number of aromatic nitrogens is 1. The van der Waals surface area contributed by atoms with Crippen molar-refractivity contribution < 1.29 is 43.6 Å². The zero-order valence-corrected chi connectivity index (χ0v) is 15.7. The SMILES string of the molecule is Cc1cc(OS(N)(=O)=O)ccc1-c1nc2ccccc2s1.[H-].[Na+]. The Bertz CT molecular complexity index is 896. The molecule has 0 aliphatic heterocycles. The monoisotopic (exact) mass is 344 g/mol. The van der Waals surface area contributed by atoms with E-state index in [-0.39, 0.29) is 36.7 Å². The molecular formula is C14H13N2NaO3S2. The molecule has 0 bridgehead atoms. The minimum Gasteiger partial charge on any atom is -1.00 e. The molecule has 0 amide bonds. The maximum Gasteiger partial charge on any atom is 1.00 e. The number of hydrogen-bond donors (Lipinski definition) is 1. The first-order valence-electron chi connectivity index (χ1n) is 6.11. The van der Waals surface area contributed by atoms with Gasteiger partial charge in [-0.25, -0.2) is 4.98 Å². The van der Waals surface area contributed by atoms with E-state index in [0.717, 1.165) is 26.4 Å². The Morgan fingerprint density at radius 3 is 2.59 bits per heavy atom. The fourth-order valence-corrected chi connectivity index (χ4v) is 3.48. The molecule has 0 saturated carbocycles. The van der Waals surface area contributed by atoms with Crippen LogP contribution in [0.3, 0.4) is 0 Å². The Labute approximate surface area is 156 Å². The summed E-state index contributed by atoms with van der Waals surface area (Å²) in [5, 5.41) is 5.74. The molecular weight excluding hydrogens is 331 g/mol. The van der Waals surface area contributed by atoms with Crippen LogP contribution in [0.5, 0.6) is 5.75 Å². The number of para-hydroxylation sites is 1. The minimum absolute atomic E-state index is 0. The molecule has 3 rings (SSSR count). The van der Waals surface area contributed by atoms with Crippen molar-refractivity contribution in [2.75, 3.05) is 0 Å². The van der Waals surface area contributed by atoms with E-state index in [2.05, 4.69) is 9.17 Å². The number of nitrogens with zero attached hydrogens (tertiary/aromatic N) is 1. The summed E-state index contributed by atoms with van der Waals surface area (Å²) in [5.41, 5.74) is 2.76. The summed E-state index contributed by atoms with van der Waals surface area (Å²) >= 11 is 1.59. The van der Waals surface area contributed by atoms with Gasteiger partial charge in [0.2, 0.25) is 0 Å². The van der Waals surface area contributed by atoms with Crippen LogP contribution in [0, 0.1) is 6.92 Å². The van der Waals surface area contributed by atoms with Crippen LogP contribution in [0.25, 0.3) is 20.8 Å². The van der Waals surface area contributed by atoms with Crippen LogP contribution in [0.2, 0.25) is 0 Å². The second kappa shape index (κ2) is 6.66. The molecule has 110 valence electrons. The van der Waals surface area contributed by atoms with Gasteiger partial charge in [-0.2, -0.15) is 13.6 Å². The summed E-state index contributed by atoms with van der Waals surface area (Å²) in [6.45, 7) is 1.87. The molecule has 8 heteroatoms. The van der Waals surface area contributed by atoms with Crippen LogP contribution >= 0.6 is 11.3 Å². The van der Waals surface area contributed by atoms with Gasteiger partial charge in [0.25, 0.3) is 0 Å². The predicted octanol–water partition coefficient (Wildman–Crippen LogP) is -0.0295. The Hall–Kier alpha value is -0.960. The van der Waals surface area contributed by atoms with Gasteiger partial charge in [0.1, 0.15) is 10.8 Å². The molecule has 0 unspecified atom stereocenters. The second-order valence-electron chi connectivity index (χ2n) is 4.54. The molecule has 2 aromatic carbocycles. The molecule has 0 radical (unpaired) electrons. The van der Waals surface area contributed by atoms with Crippen molar-refractivity contribution >= 4 is 31.9 Å². The Morgan fingerprint density at radius 1 is 1.23 bits per heavy atom. The zero-order chi connectivity index (χ0) is 15.0. The van der Waals surface area contributed by atoms with Gasteiger partial charge >= 0.3 is 39.9 Å². The van der Waals surface area contributed by atoms with Crippen molar-refractivity contribution in [2.45, 2.75) is 6.92 Å². The fraction of sp³-hybridized carbons (Fsp3) is 0.0714. The van der Waals surface area contributed by atoms with Gasteiger partial charge < -0.3 is 5.61 Å². The fourth-order valence-electron chi connectivity index (χ4n) is 2.05. The molecule has 1 aromatic heterocycles. The van der Waals surface area contributed by atoms with Crippen LogP contribution < -0.4 is 38.9 Å². The van der Waals surface area contributed by atoms with E-state index in [4.69, 9.17) is 5.14 Å². The van der Waals surface area contributed by atoms with E-state index in [1.165, 1.54) is 0 Å². The van der Waals surface area contributed by atoms with Crippen LogP contribution in [0.1, 0.15) is 6.99 Å². The molecule has 0 fully saturated rings. The molecule has 2 N–H and O–H groups in total. The number of fused-ring (bicyclic) bond motifs is 1. The maximum atomic E-state index is 10.9. The summed E-state index contributed by atoms with van der Waals surface area (Å²) in [4.78, 5) is 4.58. The first kappa shape index (κ1) is 17.4. The Kier molecular flexibility index (Phi) is 5.26. The zero-order valence-electron chi connectivity index (χ0n) is 13.1. The number of thiazole rings is 1. The number of benzene rings is 2. The predicted molar refractivity (Wildman–Crippen MR) is 84.6 cm³/mol. The van der Waals surface area contributed by atoms with E-state index in [1.54, 1.807) is 29.5 Å². The summed E-state index contributed by atoms with van der Waals surface area (Å²) in [6, 6.07) is 12.9. The molecule has 0 atom stereocenters. The van der Waals surface area contributed by atoms with Crippen molar-refractivity contribution in [3.05, 3.63) is 48.0 Å². The maximum absolute atomic E-state index is 10.9. The van der Waals surface area contributed by atoms with E-state index in [1.807, 2.05) is 31.2 Å². The smallest absolute Gasteiger partial charge is 1.00 e. The van der Waals surface area contributed by atoms with Gasteiger partial charge in [-0.15, -0.1) is 11.3 Å². The molecule has 0 spiro atoms. The van der Waals surface area contributed by atoms with Crippen molar-refractivity contribution in [2.24, 2.45) is 5.14 Å². The standard InChI is InChI=1S/C14H12N2O3S2.Na.H/c1-9-8-10(19-21(15,17)18)6-7-11(9)14-16-12-4-2-3-5-13(12)20-14;;/h2-8H,1H3,(H2,15,17,18);;/q;+1;-1. The number of nitrogens with two attached hydrogens (primary N) is 1. The molecule has 3 aromatic rings. The van der Waals surface area contributed by atoms with Crippen LogP contribution in [0.4, 0.5) is 0 Å². The summed E-state index contributed by atoms with van der Waals surface area (Å²) in [6.07, 6.45) is 0. The Morgan fingerprint density at radius 2 is 1.95 bits per heavy atom. The van der Waals surface area contributed by atoms with Crippen molar-refractivity contribution in [1.82, 2.24) is 4.98 Å². The number of rotatable bonds is 3.